The van der Waals surface area contributed by atoms with E-state index in [9.17, 15) is 18.0 Å². The van der Waals surface area contributed by atoms with Gasteiger partial charge in [-0.2, -0.15) is 20.5 Å². The molecular formula is C18H18F3NO3S. The lowest BCUT2D eigenvalue weighted by Crippen LogP contribution is -2.25. The summed E-state index contributed by atoms with van der Waals surface area (Å²) in [6, 6.07) is 10.5. The highest BCUT2D eigenvalue weighted by Gasteiger charge is 2.14. The van der Waals surface area contributed by atoms with Gasteiger partial charge in [-0.05, 0) is 29.8 Å². The Labute approximate surface area is 153 Å². The zero-order chi connectivity index (χ0) is 18.9. The molecule has 0 bridgehead atoms. The third kappa shape index (κ3) is 5.87. The van der Waals surface area contributed by atoms with Gasteiger partial charge in [0.15, 0.2) is 11.5 Å². The average Bonchev–Trinajstić information content (AvgIpc) is 2.62. The molecule has 2 aromatic rings. The van der Waals surface area contributed by atoms with E-state index < -0.39 is 6.61 Å². The summed E-state index contributed by atoms with van der Waals surface area (Å²) in [7, 11) is 1.30. The minimum Gasteiger partial charge on any atom is -0.493 e. The molecule has 140 valence electrons. The van der Waals surface area contributed by atoms with Gasteiger partial charge in [-0.15, -0.1) is 0 Å². The standard InChI is InChI=1S/C18H18F3NO3S/c1-24-16-10-12(6-7-15(16)25-18(20)21)17(23)22-8-9-26-11-13-4-2-3-5-14(13)19/h2-7,10,18H,8-9,11H2,1H3,(H,22,23). The highest BCUT2D eigenvalue weighted by atomic mass is 32.2. The van der Waals surface area contributed by atoms with Crippen LogP contribution in [0.2, 0.25) is 0 Å². The molecule has 0 aliphatic carbocycles. The van der Waals surface area contributed by atoms with E-state index in [0.29, 0.717) is 23.6 Å². The maximum Gasteiger partial charge on any atom is 0.387 e. The number of benzene rings is 2. The van der Waals surface area contributed by atoms with Crippen LogP contribution >= 0.6 is 11.8 Å². The molecule has 0 fully saturated rings. The van der Waals surface area contributed by atoms with E-state index in [1.807, 2.05) is 0 Å². The topological polar surface area (TPSA) is 47.6 Å². The van der Waals surface area contributed by atoms with Crippen LogP contribution in [0.4, 0.5) is 13.2 Å². The molecule has 0 aliphatic heterocycles. The fraction of sp³-hybridized carbons (Fsp3) is 0.278. The Morgan fingerprint density at radius 3 is 2.65 bits per heavy atom. The number of hydrogen-bond donors (Lipinski definition) is 1. The summed E-state index contributed by atoms with van der Waals surface area (Å²) in [5.41, 5.74) is 0.880. The zero-order valence-corrected chi connectivity index (χ0v) is 14.8. The van der Waals surface area contributed by atoms with Crippen LogP contribution in [0.25, 0.3) is 0 Å². The van der Waals surface area contributed by atoms with Gasteiger partial charge in [-0.1, -0.05) is 18.2 Å². The molecule has 0 saturated heterocycles. The molecule has 0 aliphatic rings. The van der Waals surface area contributed by atoms with E-state index in [0.717, 1.165) is 0 Å². The van der Waals surface area contributed by atoms with E-state index in [1.165, 1.54) is 43.1 Å². The molecule has 0 atom stereocenters. The van der Waals surface area contributed by atoms with Crippen molar-refractivity contribution < 1.29 is 27.4 Å². The molecule has 0 aromatic heterocycles. The first-order valence-electron chi connectivity index (χ1n) is 7.73. The lowest BCUT2D eigenvalue weighted by Gasteiger charge is -2.11. The Balaban J connectivity index is 1.81. The van der Waals surface area contributed by atoms with Gasteiger partial charge < -0.3 is 14.8 Å². The summed E-state index contributed by atoms with van der Waals surface area (Å²) < 4.78 is 47.4. The van der Waals surface area contributed by atoms with Crippen LogP contribution in [0.3, 0.4) is 0 Å². The molecule has 2 rings (SSSR count). The number of hydrogen-bond acceptors (Lipinski definition) is 4. The Morgan fingerprint density at radius 1 is 1.19 bits per heavy atom. The van der Waals surface area contributed by atoms with Gasteiger partial charge in [0.25, 0.3) is 5.91 Å². The first kappa shape index (κ1) is 20.0. The summed E-state index contributed by atoms with van der Waals surface area (Å²) in [5, 5.41) is 2.71. The highest BCUT2D eigenvalue weighted by molar-refractivity contribution is 7.98. The van der Waals surface area contributed by atoms with Crippen LogP contribution in [-0.4, -0.2) is 31.9 Å². The van der Waals surface area contributed by atoms with Crippen molar-refractivity contribution in [3.63, 3.8) is 0 Å². The first-order chi connectivity index (χ1) is 12.5. The number of thioether (sulfide) groups is 1. The van der Waals surface area contributed by atoms with Gasteiger partial charge in [0.05, 0.1) is 7.11 Å². The number of ether oxygens (including phenoxy) is 2. The summed E-state index contributed by atoms with van der Waals surface area (Å²) in [6.45, 7) is -2.59. The summed E-state index contributed by atoms with van der Waals surface area (Å²) in [4.78, 5) is 12.1. The van der Waals surface area contributed by atoms with Crippen molar-refractivity contribution >= 4 is 17.7 Å². The number of rotatable bonds is 9. The van der Waals surface area contributed by atoms with Crippen molar-refractivity contribution in [3.8, 4) is 11.5 Å². The second-order valence-electron chi connectivity index (χ2n) is 5.14. The molecule has 1 N–H and O–H groups in total. The van der Waals surface area contributed by atoms with Crippen molar-refractivity contribution in [1.82, 2.24) is 5.32 Å². The molecule has 26 heavy (non-hydrogen) atoms. The SMILES string of the molecule is COc1cc(C(=O)NCCSCc2ccccc2F)ccc1OC(F)F. The summed E-state index contributed by atoms with van der Waals surface area (Å²) in [5.74, 6) is 0.409. The quantitative estimate of drug-likeness (QED) is 0.661. The number of methoxy groups -OCH3 is 1. The fourth-order valence-electron chi connectivity index (χ4n) is 2.14. The van der Waals surface area contributed by atoms with E-state index in [4.69, 9.17) is 4.74 Å². The predicted octanol–water partition coefficient (Wildman–Crippen LogP) is 4.10. The highest BCUT2D eigenvalue weighted by Crippen LogP contribution is 2.29. The molecule has 0 radical (unpaired) electrons. The maximum atomic E-state index is 13.5. The molecule has 4 nitrogen and oxygen atoms in total. The number of carbonyl (C=O) groups excluding carboxylic acids is 1. The third-order valence-electron chi connectivity index (χ3n) is 3.39. The molecule has 0 spiro atoms. The molecule has 8 heteroatoms. The minimum atomic E-state index is -2.98. The second kappa shape index (κ2) is 9.96. The smallest absolute Gasteiger partial charge is 0.387 e. The second-order valence-corrected chi connectivity index (χ2v) is 6.25. The van der Waals surface area contributed by atoms with E-state index in [1.54, 1.807) is 18.2 Å². The summed E-state index contributed by atoms with van der Waals surface area (Å²) in [6.07, 6.45) is 0. The van der Waals surface area contributed by atoms with E-state index in [-0.39, 0.29) is 28.8 Å². The molecular weight excluding hydrogens is 367 g/mol. The molecule has 0 unspecified atom stereocenters. The number of nitrogens with one attached hydrogen (secondary N) is 1. The van der Waals surface area contributed by atoms with Crippen LogP contribution in [0.5, 0.6) is 11.5 Å². The van der Waals surface area contributed by atoms with Gasteiger partial charge >= 0.3 is 6.61 Å². The van der Waals surface area contributed by atoms with Crippen molar-refractivity contribution in [2.45, 2.75) is 12.4 Å². The largest absolute Gasteiger partial charge is 0.493 e. The lowest BCUT2D eigenvalue weighted by molar-refractivity contribution is -0.0512. The normalized spacial score (nSPS) is 10.7. The van der Waals surface area contributed by atoms with Crippen molar-refractivity contribution in [1.29, 1.82) is 0 Å². The monoisotopic (exact) mass is 385 g/mol. The Bertz CT molecular complexity index is 743. The number of alkyl halides is 2. The Morgan fingerprint density at radius 2 is 1.96 bits per heavy atom. The van der Waals surface area contributed by atoms with Gasteiger partial charge in [0.2, 0.25) is 0 Å². The van der Waals surface area contributed by atoms with Crippen LogP contribution in [-0.2, 0) is 5.75 Å². The van der Waals surface area contributed by atoms with Gasteiger partial charge in [0, 0.05) is 23.6 Å². The van der Waals surface area contributed by atoms with Crippen molar-refractivity contribution in [2.75, 3.05) is 19.4 Å². The summed E-state index contributed by atoms with van der Waals surface area (Å²) >= 11 is 1.49. The van der Waals surface area contributed by atoms with Crippen LogP contribution in [0.1, 0.15) is 15.9 Å². The maximum absolute atomic E-state index is 13.5. The van der Waals surface area contributed by atoms with Gasteiger partial charge in [-0.25, -0.2) is 4.39 Å². The number of amides is 1. The van der Waals surface area contributed by atoms with E-state index in [2.05, 4.69) is 10.1 Å². The molecule has 0 heterocycles. The minimum absolute atomic E-state index is 0.0480. The Hall–Kier alpha value is -2.35. The van der Waals surface area contributed by atoms with Crippen LogP contribution < -0.4 is 14.8 Å². The van der Waals surface area contributed by atoms with Gasteiger partial charge in [-0.3, -0.25) is 4.79 Å². The molecule has 1 amide bonds. The lowest BCUT2D eigenvalue weighted by atomic mass is 10.2. The molecule has 0 saturated carbocycles. The third-order valence-corrected chi connectivity index (χ3v) is 4.40. The number of halogens is 3. The number of carbonyl (C=O) groups is 1. The fourth-order valence-corrected chi connectivity index (χ4v) is 2.98. The van der Waals surface area contributed by atoms with E-state index >= 15 is 0 Å². The molecule has 2 aromatic carbocycles. The zero-order valence-electron chi connectivity index (χ0n) is 14.0. The van der Waals surface area contributed by atoms with Crippen LogP contribution in [0, 0.1) is 5.82 Å². The van der Waals surface area contributed by atoms with Crippen molar-refractivity contribution in [2.24, 2.45) is 0 Å². The predicted molar refractivity (Wildman–Crippen MR) is 94.5 cm³/mol. The van der Waals surface area contributed by atoms with Crippen molar-refractivity contribution in [3.05, 3.63) is 59.4 Å². The van der Waals surface area contributed by atoms with Gasteiger partial charge in [0.1, 0.15) is 5.82 Å². The first-order valence-corrected chi connectivity index (χ1v) is 8.89. The average molecular weight is 385 g/mol. The van der Waals surface area contributed by atoms with Crippen LogP contribution in [0.15, 0.2) is 42.5 Å². The Kier molecular flexibility index (Phi) is 7.65.